The Kier molecular flexibility index (Phi) is 3.14. The lowest BCUT2D eigenvalue weighted by Crippen LogP contribution is -2.16. The minimum Gasteiger partial charge on any atom is -0.399 e. The molecule has 0 aliphatic carbocycles. The Balaban J connectivity index is 2.22. The van der Waals surface area contributed by atoms with Crippen molar-refractivity contribution in [3.05, 3.63) is 41.6 Å². The molecule has 0 bridgehead atoms. The second-order valence-corrected chi connectivity index (χ2v) is 5.86. The maximum Gasteiger partial charge on any atom is 0.0424 e. The number of hydrogen-bond donors (Lipinski definition) is 1. The van der Waals surface area contributed by atoms with Crippen LogP contribution in [0.2, 0.25) is 0 Å². The van der Waals surface area contributed by atoms with Gasteiger partial charge in [-0.15, -0.1) is 0 Å². The normalized spacial score (nSPS) is 15.6. The summed E-state index contributed by atoms with van der Waals surface area (Å²) in [5.74, 6) is 0. The Morgan fingerprint density at radius 3 is 2.59 bits per heavy atom. The zero-order valence-corrected chi connectivity index (χ0v) is 11.0. The van der Waals surface area contributed by atoms with Gasteiger partial charge in [0.25, 0.3) is 0 Å². The fraction of sp³-hybridized carbons (Fsp3) is 0.467. The summed E-state index contributed by atoms with van der Waals surface area (Å²) in [7, 11) is 0. The molecule has 0 radical (unpaired) electrons. The molecule has 0 aromatic heterocycles. The van der Waals surface area contributed by atoms with E-state index in [2.05, 4.69) is 56.1 Å². The lowest BCUT2D eigenvalue weighted by molar-refractivity contribution is 0.400. The zero-order valence-electron chi connectivity index (χ0n) is 11.0. The second kappa shape index (κ2) is 4.44. The zero-order chi connectivity index (χ0) is 12.5. The molecule has 0 amide bonds. The Labute approximate surface area is 104 Å². The van der Waals surface area contributed by atoms with E-state index in [1.165, 1.54) is 11.1 Å². The predicted octanol–water partition coefficient (Wildman–Crippen LogP) is 3.29. The summed E-state index contributed by atoms with van der Waals surface area (Å²) >= 11 is 0. The molecule has 0 saturated carbocycles. The maximum atomic E-state index is 5.99. The first-order chi connectivity index (χ1) is 7.95. The minimum absolute atomic E-state index is 0.158. The van der Waals surface area contributed by atoms with Gasteiger partial charge in [-0.1, -0.05) is 32.9 Å². The highest BCUT2D eigenvalue weighted by Crippen LogP contribution is 2.26. The highest BCUT2D eigenvalue weighted by Gasteiger charge is 2.15. The van der Waals surface area contributed by atoms with E-state index in [0.29, 0.717) is 0 Å². The highest BCUT2D eigenvalue weighted by molar-refractivity contribution is 5.46. The van der Waals surface area contributed by atoms with Gasteiger partial charge in [-0.2, -0.15) is 0 Å². The van der Waals surface area contributed by atoms with Gasteiger partial charge in [0.15, 0.2) is 0 Å². The molecule has 17 heavy (non-hydrogen) atoms. The molecule has 92 valence electrons. The van der Waals surface area contributed by atoms with Crippen molar-refractivity contribution in [1.82, 2.24) is 4.90 Å². The van der Waals surface area contributed by atoms with Crippen LogP contribution in [0.3, 0.4) is 0 Å². The van der Waals surface area contributed by atoms with Crippen molar-refractivity contribution in [3.63, 3.8) is 0 Å². The van der Waals surface area contributed by atoms with Gasteiger partial charge < -0.3 is 10.6 Å². The molecule has 1 heterocycles. The first-order valence-electron chi connectivity index (χ1n) is 6.26. The van der Waals surface area contributed by atoms with Crippen LogP contribution in [0.4, 0.5) is 5.69 Å². The van der Waals surface area contributed by atoms with Crippen LogP contribution in [0.15, 0.2) is 30.5 Å². The molecule has 0 unspecified atom stereocenters. The monoisotopic (exact) mass is 230 g/mol. The van der Waals surface area contributed by atoms with Crippen LogP contribution in [0.1, 0.15) is 38.3 Å². The van der Waals surface area contributed by atoms with Crippen molar-refractivity contribution >= 4 is 5.69 Å². The molecule has 0 fully saturated rings. The van der Waals surface area contributed by atoms with Gasteiger partial charge in [-0.3, -0.25) is 0 Å². The molecule has 2 N–H and O–H groups in total. The average Bonchev–Trinajstić information content (AvgIpc) is 2.68. The number of nitrogens with two attached hydrogens (primary N) is 1. The third-order valence-electron chi connectivity index (χ3n) is 3.17. The van der Waals surface area contributed by atoms with E-state index in [1.807, 2.05) is 0 Å². The van der Waals surface area contributed by atoms with E-state index in [4.69, 9.17) is 5.73 Å². The van der Waals surface area contributed by atoms with Crippen LogP contribution in [-0.4, -0.2) is 11.4 Å². The topological polar surface area (TPSA) is 29.3 Å². The van der Waals surface area contributed by atoms with Gasteiger partial charge in [0.05, 0.1) is 0 Å². The second-order valence-electron chi connectivity index (χ2n) is 5.86. The lowest BCUT2D eigenvalue weighted by atomic mass is 9.86. The summed E-state index contributed by atoms with van der Waals surface area (Å²) < 4.78 is 0. The SMILES string of the molecule is CC(C)(C)c1cc(N)cc(CN2C=CCC2)c1. The van der Waals surface area contributed by atoms with Crippen LogP contribution in [0.25, 0.3) is 0 Å². The fourth-order valence-corrected chi connectivity index (χ4v) is 2.15. The molecule has 1 aromatic carbocycles. The molecule has 2 heteroatoms. The standard InChI is InChI=1S/C15H22N2/c1-15(2,3)13-8-12(9-14(16)10-13)11-17-6-4-5-7-17/h4,6,8-10H,5,7,11,16H2,1-3H3. The summed E-state index contributed by atoms with van der Waals surface area (Å²) in [6, 6.07) is 6.45. The molecule has 0 spiro atoms. The van der Waals surface area contributed by atoms with Crippen LogP contribution in [0, 0.1) is 0 Å². The summed E-state index contributed by atoms with van der Waals surface area (Å²) in [6.45, 7) is 8.76. The van der Waals surface area contributed by atoms with Crippen molar-refractivity contribution in [2.45, 2.75) is 39.2 Å². The van der Waals surface area contributed by atoms with E-state index in [9.17, 15) is 0 Å². The number of rotatable bonds is 2. The van der Waals surface area contributed by atoms with Gasteiger partial charge in [0.1, 0.15) is 0 Å². The Hall–Kier alpha value is -1.44. The van der Waals surface area contributed by atoms with Gasteiger partial charge in [-0.05, 0) is 41.3 Å². The highest BCUT2D eigenvalue weighted by atomic mass is 15.1. The quantitative estimate of drug-likeness (QED) is 0.790. The molecule has 2 nitrogen and oxygen atoms in total. The molecule has 1 aliphatic heterocycles. The minimum atomic E-state index is 0.158. The Bertz CT molecular complexity index is 427. The first-order valence-corrected chi connectivity index (χ1v) is 6.26. The number of hydrogen-bond acceptors (Lipinski definition) is 2. The van der Waals surface area contributed by atoms with Crippen molar-refractivity contribution < 1.29 is 0 Å². The van der Waals surface area contributed by atoms with Crippen LogP contribution >= 0.6 is 0 Å². The van der Waals surface area contributed by atoms with E-state index >= 15 is 0 Å². The van der Waals surface area contributed by atoms with Crippen molar-refractivity contribution in [2.75, 3.05) is 12.3 Å². The van der Waals surface area contributed by atoms with Gasteiger partial charge in [0, 0.05) is 18.8 Å². The predicted molar refractivity (Wildman–Crippen MR) is 73.7 cm³/mol. The van der Waals surface area contributed by atoms with Crippen LogP contribution < -0.4 is 5.73 Å². The summed E-state index contributed by atoms with van der Waals surface area (Å²) in [4.78, 5) is 2.33. The molecule has 0 saturated heterocycles. The van der Waals surface area contributed by atoms with Gasteiger partial charge >= 0.3 is 0 Å². The van der Waals surface area contributed by atoms with Crippen molar-refractivity contribution in [2.24, 2.45) is 0 Å². The number of anilines is 1. The van der Waals surface area contributed by atoms with E-state index in [1.54, 1.807) is 0 Å². The summed E-state index contributed by atoms with van der Waals surface area (Å²) in [5, 5.41) is 0. The third-order valence-corrected chi connectivity index (χ3v) is 3.17. The van der Waals surface area contributed by atoms with E-state index in [0.717, 1.165) is 25.2 Å². The first kappa shape index (κ1) is 12.0. The molecule has 2 rings (SSSR count). The number of benzene rings is 1. The smallest absolute Gasteiger partial charge is 0.0424 e. The fourth-order valence-electron chi connectivity index (χ4n) is 2.15. The Morgan fingerprint density at radius 2 is 2.00 bits per heavy atom. The van der Waals surface area contributed by atoms with Crippen LogP contribution in [-0.2, 0) is 12.0 Å². The Morgan fingerprint density at radius 1 is 1.24 bits per heavy atom. The molecule has 1 aromatic rings. The molecular weight excluding hydrogens is 208 g/mol. The maximum absolute atomic E-state index is 5.99. The van der Waals surface area contributed by atoms with E-state index in [-0.39, 0.29) is 5.41 Å². The summed E-state index contributed by atoms with van der Waals surface area (Å²) in [6.07, 6.45) is 5.56. The van der Waals surface area contributed by atoms with Crippen LogP contribution in [0.5, 0.6) is 0 Å². The molecule has 0 atom stereocenters. The third kappa shape index (κ3) is 3.02. The largest absolute Gasteiger partial charge is 0.399 e. The lowest BCUT2D eigenvalue weighted by Gasteiger charge is -2.22. The molecular formula is C15H22N2. The number of nitrogen functional groups attached to an aromatic ring is 1. The van der Waals surface area contributed by atoms with Gasteiger partial charge in [-0.25, -0.2) is 0 Å². The van der Waals surface area contributed by atoms with Crippen molar-refractivity contribution in [1.29, 1.82) is 0 Å². The number of nitrogens with zero attached hydrogens (tertiary/aromatic N) is 1. The average molecular weight is 230 g/mol. The molecule has 1 aliphatic rings. The summed E-state index contributed by atoms with van der Waals surface area (Å²) in [5.41, 5.74) is 9.64. The van der Waals surface area contributed by atoms with E-state index < -0.39 is 0 Å². The van der Waals surface area contributed by atoms with Gasteiger partial charge in [0.2, 0.25) is 0 Å². The van der Waals surface area contributed by atoms with Crippen molar-refractivity contribution in [3.8, 4) is 0 Å².